The Balaban J connectivity index is 1.39. The van der Waals surface area contributed by atoms with E-state index in [1.165, 1.54) is 11.3 Å². The third-order valence-corrected chi connectivity index (χ3v) is 5.55. The zero-order valence-corrected chi connectivity index (χ0v) is 15.5. The van der Waals surface area contributed by atoms with Crippen molar-refractivity contribution in [3.05, 3.63) is 52.8 Å². The summed E-state index contributed by atoms with van der Waals surface area (Å²) in [5.41, 5.74) is 4.14. The molecule has 4 rings (SSSR count). The van der Waals surface area contributed by atoms with E-state index in [2.05, 4.69) is 42.1 Å². The van der Waals surface area contributed by atoms with E-state index in [1.807, 2.05) is 11.7 Å². The molecule has 7 nitrogen and oxygen atoms in total. The summed E-state index contributed by atoms with van der Waals surface area (Å²) in [4.78, 5) is 25.6. The largest absolute Gasteiger partial charge is 0.322 e. The molecule has 1 saturated heterocycles. The first-order valence-electron chi connectivity index (χ1n) is 8.74. The van der Waals surface area contributed by atoms with E-state index in [1.54, 1.807) is 36.1 Å². The quantitative estimate of drug-likeness (QED) is 0.742. The van der Waals surface area contributed by atoms with Crippen molar-refractivity contribution in [3.8, 4) is 0 Å². The van der Waals surface area contributed by atoms with Gasteiger partial charge in [-0.25, -0.2) is 15.0 Å². The van der Waals surface area contributed by atoms with Crippen LogP contribution in [0.5, 0.6) is 0 Å². The highest BCUT2D eigenvalue weighted by molar-refractivity contribution is 7.09. The Bertz CT molecular complexity index is 834. The van der Waals surface area contributed by atoms with Crippen LogP contribution < -0.4 is 5.32 Å². The van der Waals surface area contributed by atoms with Crippen molar-refractivity contribution < 1.29 is 0 Å². The van der Waals surface area contributed by atoms with Crippen molar-refractivity contribution in [2.75, 3.05) is 18.4 Å². The van der Waals surface area contributed by atoms with Crippen LogP contribution in [0.15, 0.2) is 36.5 Å². The Morgan fingerprint density at radius 2 is 2.04 bits per heavy atom. The molecule has 0 aromatic carbocycles. The van der Waals surface area contributed by atoms with Gasteiger partial charge in [-0.1, -0.05) is 0 Å². The normalized spacial score (nSPS) is 18.0. The molecule has 0 radical (unpaired) electrons. The van der Waals surface area contributed by atoms with Crippen molar-refractivity contribution >= 4 is 23.0 Å². The van der Waals surface area contributed by atoms with Gasteiger partial charge in [0.15, 0.2) is 0 Å². The van der Waals surface area contributed by atoms with Crippen molar-refractivity contribution in [2.24, 2.45) is 0 Å². The standard InChI is InChI=1S/C18H21N7S/c1-13-16(26-12-23-13)11-25-6-2-3-14(10-25)15-7-22-18(9-21-15)24-17-8-19-4-5-20-17/h4-5,7-9,12,14H,2-3,6,10-11H2,1H3,(H,20,22,24). The van der Waals surface area contributed by atoms with E-state index in [4.69, 9.17) is 0 Å². The second-order valence-corrected chi connectivity index (χ2v) is 7.42. The fraction of sp³-hybridized carbons (Fsp3) is 0.389. The average Bonchev–Trinajstić information content (AvgIpc) is 3.08. The van der Waals surface area contributed by atoms with Crippen molar-refractivity contribution in [3.63, 3.8) is 0 Å². The minimum Gasteiger partial charge on any atom is -0.322 e. The van der Waals surface area contributed by atoms with Crippen LogP contribution in [0.2, 0.25) is 0 Å². The van der Waals surface area contributed by atoms with Crippen LogP contribution in [-0.2, 0) is 6.54 Å². The second kappa shape index (κ2) is 7.84. The highest BCUT2D eigenvalue weighted by Gasteiger charge is 2.23. The molecule has 1 fully saturated rings. The Morgan fingerprint density at radius 1 is 1.12 bits per heavy atom. The third-order valence-electron chi connectivity index (χ3n) is 4.63. The van der Waals surface area contributed by atoms with Gasteiger partial charge in [-0.3, -0.25) is 14.9 Å². The SMILES string of the molecule is Cc1ncsc1CN1CCCC(c2cnc(Nc3cnccn3)cn2)C1. The molecule has 1 N–H and O–H groups in total. The molecule has 0 bridgehead atoms. The molecule has 1 aliphatic rings. The molecule has 0 amide bonds. The van der Waals surface area contributed by atoms with Gasteiger partial charge in [-0.15, -0.1) is 11.3 Å². The second-order valence-electron chi connectivity index (χ2n) is 6.48. The Labute approximate surface area is 156 Å². The first-order valence-corrected chi connectivity index (χ1v) is 9.62. The summed E-state index contributed by atoms with van der Waals surface area (Å²) < 4.78 is 0. The van der Waals surface area contributed by atoms with Crippen LogP contribution in [0.3, 0.4) is 0 Å². The van der Waals surface area contributed by atoms with Crippen LogP contribution in [-0.4, -0.2) is 42.9 Å². The van der Waals surface area contributed by atoms with Gasteiger partial charge >= 0.3 is 0 Å². The maximum Gasteiger partial charge on any atom is 0.150 e. The third kappa shape index (κ3) is 4.03. The molecular weight excluding hydrogens is 346 g/mol. The maximum atomic E-state index is 4.64. The summed E-state index contributed by atoms with van der Waals surface area (Å²) in [6.07, 6.45) is 10.9. The van der Waals surface area contributed by atoms with Gasteiger partial charge in [0.05, 0.1) is 35.5 Å². The number of nitrogens with zero attached hydrogens (tertiary/aromatic N) is 6. The zero-order valence-electron chi connectivity index (χ0n) is 14.7. The number of likely N-dealkylation sites (tertiary alicyclic amines) is 1. The maximum absolute atomic E-state index is 4.64. The molecule has 8 heteroatoms. The van der Waals surface area contributed by atoms with E-state index >= 15 is 0 Å². The van der Waals surface area contributed by atoms with Gasteiger partial charge in [-0.2, -0.15) is 0 Å². The number of piperidine rings is 1. The van der Waals surface area contributed by atoms with Gasteiger partial charge < -0.3 is 5.32 Å². The summed E-state index contributed by atoms with van der Waals surface area (Å²) in [7, 11) is 0. The minimum atomic E-state index is 0.426. The van der Waals surface area contributed by atoms with Crippen molar-refractivity contribution in [2.45, 2.75) is 32.2 Å². The first-order chi connectivity index (χ1) is 12.8. The van der Waals surface area contributed by atoms with Crippen LogP contribution in [0.4, 0.5) is 11.6 Å². The smallest absolute Gasteiger partial charge is 0.150 e. The molecule has 0 spiro atoms. The summed E-state index contributed by atoms with van der Waals surface area (Å²) >= 11 is 1.74. The first kappa shape index (κ1) is 17.0. The number of aryl methyl sites for hydroxylation is 1. The van der Waals surface area contributed by atoms with Gasteiger partial charge in [0.2, 0.25) is 0 Å². The lowest BCUT2D eigenvalue weighted by atomic mass is 9.95. The van der Waals surface area contributed by atoms with Crippen LogP contribution in [0.25, 0.3) is 0 Å². The highest BCUT2D eigenvalue weighted by atomic mass is 32.1. The molecule has 4 heterocycles. The Kier molecular flexibility index (Phi) is 5.12. The average molecular weight is 367 g/mol. The van der Waals surface area contributed by atoms with Gasteiger partial charge in [-0.05, 0) is 26.3 Å². The number of rotatable bonds is 5. The minimum absolute atomic E-state index is 0.426. The van der Waals surface area contributed by atoms with E-state index in [0.29, 0.717) is 17.6 Å². The molecule has 3 aromatic rings. The fourth-order valence-electron chi connectivity index (χ4n) is 3.23. The molecule has 3 aromatic heterocycles. The number of nitrogens with one attached hydrogen (secondary N) is 1. The molecule has 1 atom stereocenters. The summed E-state index contributed by atoms with van der Waals surface area (Å²) in [6.45, 7) is 5.21. The van der Waals surface area contributed by atoms with Crippen LogP contribution in [0.1, 0.15) is 35.0 Å². The monoisotopic (exact) mass is 367 g/mol. The molecular formula is C18H21N7S. The topological polar surface area (TPSA) is 79.7 Å². The summed E-state index contributed by atoms with van der Waals surface area (Å²) in [5.74, 6) is 1.77. The predicted molar refractivity (Wildman–Crippen MR) is 101 cm³/mol. The van der Waals surface area contributed by atoms with Crippen LogP contribution >= 0.6 is 11.3 Å². The summed E-state index contributed by atoms with van der Waals surface area (Å²) in [6, 6.07) is 0. The molecule has 134 valence electrons. The number of thiazole rings is 1. The predicted octanol–water partition coefficient (Wildman–Crippen LogP) is 3.15. The van der Waals surface area contributed by atoms with Crippen molar-refractivity contribution in [1.82, 2.24) is 29.8 Å². The fourth-order valence-corrected chi connectivity index (χ4v) is 4.05. The molecule has 1 aliphatic heterocycles. The molecule has 1 unspecified atom stereocenters. The summed E-state index contributed by atoms with van der Waals surface area (Å²) in [5, 5.41) is 3.12. The van der Waals surface area contributed by atoms with Gasteiger partial charge in [0.1, 0.15) is 11.6 Å². The van der Waals surface area contributed by atoms with Crippen LogP contribution in [0, 0.1) is 6.92 Å². The van der Waals surface area contributed by atoms with Gasteiger partial charge in [0, 0.05) is 36.3 Å². The number of hydrogen-bond donors (Lipinski definition) is 1. The van der Waals surface area contributed by atoms with Crippen molar-refractivity contribution in [1.29, 1.82) is 0 Å². The van der Waals surface area contributed by atoms with E-state index in [0.717, 1.165) is 37.4 Å². The molecule has 0 saturated carbocycles. The lowest BCUT2D eigenvalue weighted by molar-refractivity contribution is 0.199. The number of aromatic nitrogens is 5. The Hall–Kier alpha value is -2.45. The zero-order chi connectivity index (χ0) is 17.8. The van der Waals surface area contributed by atoms with E-state index in [-0.39, 0.29) is 0 Å². The number of hydrogen-bond acceptors (Lipinski definition) is 8. The lowest BCUT2D eigenvalue weighted by Gasteiger charge is -2.32. The van der Waals surface area contributed by atoms with E-state index in [9.17, 15) is 0 Å². The number of anilines is 2. The molecule has 0 aliphatic carbocycles. The lowest BCUT2D eigenvalue weighted by Crippen LogP contribution is -2.34. The molecule has 26 heavy (non-hydrogen) atoms. The Morgan fingerprint density at radius 3 is 2.77 bits per heavy atom. The van der Waals surface area contributed by atoms with E-state index < -0.39 is 0 Å². The van der Waals surface area contributed by atoms with Gasteiger partial charge in [0.25, 0.3) is 0 Å². The highest BCUT2D eigenvalue weighted by Crippen LogP contribution is 2.27.